The normalized spacial score (nSPS) is 36.2. The van der Waals surface area contributed by atoms with Crippen molar-refractivity contribution in [3.05, 3.63) is 46.4 Å². The van der Waals surface area contributed by atoms with Gasteiger partial charge in [-0.05, 0) is 86.2 Å². The first-order chi connectivity index (χ1) is 17.1. The van der Waals surface area contributed by atoms with Crippen LogP contribution in [0.25, 0.3) is 11.0 Å². The summed E-state index contributed by atoms with van der Waals surface area (Å²) >= 11 is 0. The molecule has 6 aliphatic rings. The number of fused-ring (bicyclic) bond motifs is 4. The number of rotatable bonds is 5. The molecule has 0 radical (unpaired) electrons. The Kier molecular flexibility index (Phi) is 4.86. The second-order valence-corrected chi connectivity index (χ2v) is 14.3. The number of hydrogen-bond donors (Lipinski definition) is 2. The van der Waals surface area contributed by atoms with Gasteiger partial charge in [0.2, 0.25) is 5.44 Å². The van der Waals surface area contributed by atoms with E-state index in [-0.39, 0.29) is 11.6 Å². The molecule has 2 unspecified atom stereocenters. The molecule has 36 heavy (non-hydrogen) atoms. The molecule has 6 atom stereocenters. The Bertz CT molecular complexity index is 1390. The van der Waals surface area contributed by atoms with Crippen molar-refractivity contribution in [1.29, 1.82) is 0 Å². The summed E-state index contributed by atoms with van der Waals surface area (Å²) < 4.78 is 13.8. The van der Waals surface area contributed by atoms with E-state index in [0.29, 0.717) is 22.4 Å². The number of aromatic nitrogens is 2. The third-order valence-corrected chi connectivity index (χ3v) is 11.7. The molecule has 2 aromatic rings. The molecule has 5 fully saturated rings. The second-order valence-electron chi connectivity index (χ2n) is 12.8. The fraction of sp³-hybridized carbons (Fsp3) is 0.643. The predicted octanol–water partition coefficient (Wildman–Crippen LogP) is 4.35. The summed E-state index contributed by atoms with van der Waals surface area (Å²) in [5.74, 6) is 3.22. The maximum Gasteiger partial charge on any atom is 0.380 e. The van der Waals surface area contributed by atoms with Crippen molar-refractivity contribution >= 4 is 24.1 Å². The molecule has 0 amide bonds. The highest BCUT2D eigenvalue weighted by atomic mass is 31.2. The first kappa shape index (κ1) is 23.2. The summed E-state index contributed by atoms with van der Waals surface area (Å²) in [6, 6.07) is 7.11. The summed E-state index contributed by atoms with van der Waals surface area (Å²) in [6.45, 7) is 6.04. The van der Waals surface area contributed by atoms with E-state index < -0.39 is 18.6 Å². The van der Waals surface area contributed by atoms with Gasteiger partial charge in [0.15, 0.2) is 0 Å². The van der Waals surface area contributed by atoms with E-state index in [1.165, 1.54) is 31.4 Å². The molecular formula is C28H36N3O4P. The van der Waals surface area contributed by atoms with E-state index in [1.807, 2.05) is 12.1 Å². The zero-order chi connectivity index (χ0) is 25.0. The molecule has 3 heterocycles. The average molecular weight is 510 g/mol. The van der Waals surface area contributed by atoms with E-state index in [1.54, 1.807) is 16.7 Å². The molecule has 4 bridgehead atoms. The van der Waals surface area contributed by atoms with Crippen LogP contribution in [0.3, 0.4) is 0 Å². The second kappa shape index (κ2) is 7.55. The highest BCUT2D eigenvalue weighted by Crippen LogP contribution is 2.64. The first-order valence-corrected chi connectivity index (χ1v) is 15.2. The van der Waals surface area contributed by atoms with Crippen LogP contribution in [0.5, 0.6) is 0 Å². The molecular weight excluding hydrogens is 473 g/mol. The summed E-state index contributed by atoms with van der Waals surface area (Å²) in [6.07, 6.45) is 11.6. The SMILES string of the molecule is CC1(C)[C@H]2CC[C@@H](CCN3C4=CCC5CC53C[C@@H](n3c(=O)c(P(=O)(O)O)nc5ccccc53)C4)[C@@H]1C2. The number of benzene rings is 1. The predicted molar refractivity (Wildman–Crippen MR) is 139 cm³/mol. The fourth-order valence-electron chi connectivity index (χ4n) is 8.80. The average Bonchev–Trinajstić information content (AvgIpc) is 3.53. The minimum Gasteiger partial charge on any atom is -0.369 e. The van der Waals surface area contributed by atoms with E-state index in [0.717, 1.165) is 50.0 Å². The number of allylic oxidation sites excluding steroid dienone is 2. The van der Waals surface area contributed by atoms with Crippen molar-refractivity contribution in [3.63, 3.8) is 0 Å². The van der Waals surface area contributed by atoms with Crippen molar-refractivity contribution in [3.8, 4) is 0 Å². The van der Waals surface area contributed by atoms with Crippen LogP contribution in [0, 0.1) is 29.1 Å². The molecule has 1 aromatic heterocycles. The number of piperidine rings is 1. The minimum atomic E-state index is -4.79. The molecule has 1 aromatic carbocycles. The van der Waals surface area contributed by atoms with Crippen molar-refractivity contribution in [2.24, 2.45) is 29.1 Å². The van der Waals surface area contributed by atoms with E-state index >= 15 is 0 Å². The van der Waals surface area contributed by atoms with Crippen LogP contribution in [-0.4, -0.2) is 36.3 Å². The molecule has 1 spiro atoms. The number of nitrogens with zero attached hydrogens (tertiary/aromatic N) is 3. The Labute approximate surface area is 211 Å². The van der Waals surface area contributed by atoms with Gasteiger partial charge in [0.1, 0.15) is 0 Å². The van der Waals surface area contributed by atoms with Crippen LogP contribution in [0.4, 0.5) is 0 Å². The van der Waals surface area contributed by atoms with Gasteiger partial charge in [0.05, 0.1) is 11.0 Å². The Morgan fingerprint density at radius 1 is 1.14 bits per heavy atom. The van der Waals surface area contributed by atoms with Crippen LogP contribution in [0.2, 0.25) is 0 Å². The quantitative estimate of drug-likeness (QED) is 0.582. The lowest BCUT2D eigenvalue weighted by Crippen LogP contribution is -2.53. The summed E-state index contributed by atoms with van der Waals surface area (Å²) in [7, 11) is -4.79. The monoisotopic (exact) mass is 509 g/mol. The Hall–Kier alpha value is -1.95. The first-order valence-electron chi connectivity index (χ1n) is 13.6. The molecule has 8 heteroatoms. The lowest BCUT2D eigenvalue weighted by Gasteiger charge is -2.60. The third-order valence-electron chi connectivity index (χ3n) is 10.9. The van der Waals surface area contributed by atoms with E-state index in [4.69, 9.17) is 0 Å². The van der Waals surface area contributed by atoms with E-state index in [9.17, 15) is 19.1 Å². The van der Waals surface area contributed by atoms with E-state index in [2.05, 4.69) is 29.8 Å². The van der Waals surface area contributed by atoms with Gasteiger partial charge < -0.3 is 19.3 Å². The molecule has 2 aliphatic heterocycles. The van der Waals surface area contributed by atoms with Gasteiger partial charge in [-0.1, -0.05) is 32.1 Å². The standard InChI is InChI=1S/C28H36N3O4P/c1-27(2)18-8-7-17(22(27)13-18)11-12-30-20-10-9-19-15-28(19,30)16-21(14-20)31-24-6-4-3-5-23(24)29-25(26(31)32)36(33,34)35/h3-6,10,17-19,21-22H,7-9,11-16H2,1-2H3,(H2,33,34,35)/t17-,18-,19?,21-,22-,28?/m0/s1. The molecule has 7 nitrogen and oxygen atoms in total. The summed E-state index contributed by atoms with van der Waals surface area (Å²) in [5, 5.41) is 0. The van der Waals surface area contributed by atoms with Gasteiger partial charge in [0, 0.05) is 30.2 Å². The van der Waals surface area contributed by atoms with Gasteiger partial charge in [0.25, 0.3) is 5.56 Å². The maximum absolute atomic E-state index is 13.5. The summed E-state index contributed by atoms with van der Waals surface area (Å²) in [5.41, 5.74) is 1.77. The lowest BCUT2D eigenvalue weighted by molar-refractivity contribution is -0.108. The van der Waals surface area contributed by atoms with Gasteiger partial charge in [-0.25, -0.2) is 4.98 Å². The lowest BCUT2D eigenvalue weighted by atomic mass is 9.45. The largest absolute Gasteiger partial charge is 0.380 e. The van der Waals surface area contributed by atoms with Gasteiger partial charge in [-0.2, -0.15) is 0 Å². The molecule has 2 N–H and O–H groups in total. The molecule has 8 rings (SSSR count). The third kappa shape index (κ3) is 3.21. The Balaban J connectivity index is 1.20. The summed E-state index contributed by atoms with van der Waals surface area (Å²) in [4.78, 5) is 40.0. The molecule has 1 saturated heterocycles. The molecule has 4 saturated carbocycles. The Morgan fingerprint density at radius 3 is 2.69 bits per heavy atom. The Morgan fingerprint density at radius 2 is 1.94 bits per heavy atom. The minimum absolute atomic E-state index is 0.0887. The smallest absolute Gasteiger partial charge is 0.369 e. The van der Waals surface area contributed by atoms with Crippen LogP contribution >= 0.6 is 7.60 Å². The highest BCUT2D eigenvalue weighted by molar-refractivity contribution is 7.59. The number of para-hydroxylation sites is 2. The highest BCUT2D eigenvalue weighted by Gasteiger charge is 2.63. The van der Waals surface area contributed by atoms with Gasteiger partial charge in [-0.15, -0.1) is 0 Å². The van der Waals surface area contributed by atoms with Crippen molar-refractivity contribution in [1.82, 2.24) is 14.5 Å². The maximum atomic E-state index is 13.5. The molecule has 4 aliphatic carbocycles. The van der Waals surface area contributed by atoms with Crippen molar-refractivity contribution in [2.75, 3.05) is 6.54 Å². The van der Waals surface area contributed by atoms with Crippen LogP contribution in [0.15, 0.2) is 40.8 Å². The van der Waals surface area contributed by atoms with Gasteiger partial charge >= 0.3 is 7.60 Å². The van der Waals surface area contributed by atoms with Crippen molar-refractivity contribution in [2.45, 2.75) is 76.8 Å². The zero-order valence-electron chi connectivity index (χ0n) is 21.1. The topological polar surface area (TPSA) is 95.7 Å². The van der Waals surface area contributed by atoms with Crippen LogP contribution in [0.1, 0.15) is 71.3 Å². The van der Waals surface area contributed by atoms with Gasteiger partial charge in [-0.3, -0.25) is 9.36 Å². The fourth-order valence-corrected chi connectivity index (χ4v) is 9.39. The van der Waals surface area contributed by atoms with Crippen LogP contribution < -0.4 is 11.0 Å². The van der Waals surface area contributed by atoms with Crippen LogP contribution in [-0.2, 0) is 4.57 Å². The molecule has 192 valence electrons. The zero-order valence-corrected chi connectivity index (χ0v) is 22.0. The number of hydrogen-bond acceptors (Lipinski definition) is 4. The van der Waals surface area contributed by atoms with Crippen molar-refractivity contribution < 1.29 is 14.4 Å².